The third-order valence-electron chi connectivity index (χ3n) is 2.09. The van der Waals surface area contributed by atoms with Crippen molar-refractivity contribution < 1.29 is 28.0 Å². The highest BCUT2D eigenvalue weighted by Crippen LogP contribution is 2.54. The lowest BCUT2D eigenvalue weighted by molar-refractivity contribution is -1.91. The van der Waals surface area contributed by atoms with Crippen LogP contribution in [0.25, 0.3) is 0 Å². The second-order valence-corrected chi connectivity index (χ2v) is 8.84. The molecule has 0 saturated heterocycles. The van der Waals surface area contributed by atoms with E-state index in [0.717, 1.165) is 15.3 Å². The van der Waals surface area contributed by atoms with Gasteiger partial charge < -0.3 is 0 Å². The van der Waals surface area contributed by atoms with Gasteiger partial charge in [-0.3, -0.25) is 0 Å². The maximum atomic E-state index is 10.6. The Kier molecular flexibility index (Phi) is 4.17. The van der Waals surface area contributed by atoms with Crippen LogP contribution in [0.5, 0.6) is 0 Å². The molecule has 1 unspecified atom stereocenters. The van der Waals surface area contributed by atoms with Gasteiger partial charge in [-0.15, -0.1) is 0 Å². The minimum atomic E-state index is -4.36. The smallest absolute Gasteiger partial charge is 0.175 e. The summed E-state index contributed by atoms with van der Waals surface area (Å²) < 4.78 is 36.2. The summed E-state index contributed by atoms with van der Waals surface area (Å²) in [6, 6.07) is 0. The monoisotopic (exact) mass is 286 g/mol. The lowest BCUT2D eigenvalue weighted by Gasteiger charge is -2.20. The third kappa shape index (κ3) is 3.46. The molecule has 1 rings (SSSR count). The molecule has 7 heteroatoms. The molecule has 1 aliphatic rings. The van der Waals surface area contributed by atoms with E-state index in [0.29, 0.717) is 0 Å². The summed E-state index contributed by atoms with van der Waals surface area (Å²) in [5.41, 5.74) is 0.963. The maximum absolute atomic E-state index is 10.6. The predicted molar refractivity (Wildman–Crippen MR) is 59.1 cm³/mol. The van der Waals surface area contributed by atoms with E-state index in [2.05, 4.69) is 3.74 Å². The first-order valence-electron chi connectivity index (χ1n) is 4.61. The zero-order chi connectivity index (χ0) is 12.7. The molecule has 0 radical (unpaired) electrons. The lowest BCUT2D eigenvalue weighted by atomic mass is 9.92. The van der Waals surface area contributed by atoms with E-state index in [1.54, 1.807) is 6.92 Å². The van der Waals surface area contributed by atoms with Crippen LogP contribution in [0.4, 0.5) is 0 Å². The molecule has 0 bridgehead atoms. The molecule has 0 aromatic heterocycles. The Balaban J connectivity index is 2.93. The van der Waals surface area contributed by atoms with Crippen LogP contribution >= 0.6 is 20.6 Å². The Morgan fingerprint density at radius 2 is 1.69 bits per heavy atom. The fraction of sp³-hybridized carbons (Fsp3) is 0.667. The van der Waals surface area contributed by atoms with Crippen molar-refractivity contribution in [3.63, 3.8) is 0 Å². The van der Waals surface area contributed by atoms with E-state index < -0.39 is 20.0 Å². The van der Waals surface area contributed by atoms with Crippen molar-refractivity contribution in [2.24, 2.45) is 5.41 Å². The molecular weight excluding hydrogens is 272 g/mol. The first kappa shape index (κ1) is 14.5. The van der Waals surface area contributed by atoms with Crippen LogP contribution in [-0.2, 0) is 3.74 Å². The van der Waals surface area contributed by atoms with E-state index >= 15 is 0 Å². The highest BCUT2D eigenvalue weighted by Gasteiger charge is 2.35. The zero-order valence-electron chi connectivity index (χ0n) is 9.83. The van der Waals surface area contributed by atoms with Crippen molar-refractivity contribution in [3.05, 3.63) is 10.5 Å². The van der Waals surface area contributed by atoms with Crippen LogP contribution in [0.3, 0.4) is 0 Å². The van der Waals surface area contributed by atoms with Gasteiger partial charge in [-0.1, -0.05) is 20.8 Å². The average molecular weight is 287 g/mol. The number of allylic oxidation sites excluding steroid dienone is 2. The van der Waals surface area contributed by atoms with E-state index in [1.807, 2.05) is 27.7 Å². The highest BCUT2D eigenvalue weighted by atomic mass is 35.7. The van der Waals surface area contributed by atoms with Gasteiger partial charge in [-0.2, -0.15) is 14.0 Å². The first-order chi connectivity index (χ1) is 7.02. The van der Waals surface area contributed by atoms with Crippen molar-refractivity contribution >= 4 is 25.5 Å². The molecule has 0 N–H and O–H groups in total. The second-order valence-electron chi connectivity index (χ2n) is 4.52. The minimum Gasteiger partial charge on any atom is -0.182 e. The Morgan fingerprint density at radius 1 is 1.19 bits per heavy atom. The Bertz CT molecular complexity index is 363. The highest BCUT2D eigenvalue weighted by molar-refractivity contribution is 8.83. The molecule has 0 amide bonds. The summed E-state index contributed by atoms with van der Waals surface area (Å²) in [6.07, 6.45) is 0. The van der Waals surface area contributed by atoms with Gasteiger partial charge in [0.2, 0.25) is 0 Å². The Morgan fingerprint density at radius 3 is 2.00 bits per heavy atom. The molecule has 0 spiro atoms. The van der Waals surface area contributed by atoms with Crippen LogP contribution in [0, 0.1) is 15.7 Å². The fourth-order valence-electron chi connectivity index (χ4n) is 1.30. The van der Waals surface area contributed by atoms with Crippen molar-refractivity contribution in [2.75, 3.05) is 0 Å². The van der Waals surface area contributed by atoms with Gasteiger partial charge in [0, 0.05) is 9.77 Å². The van der Waals surface area contributed by atoms with Gasteiger partial charge in [0.05, 0.1) is 10.2 Å². The molecule has 1 aliphatic heterocycles. The van der Waals surface area contributed by atoms with Gasteiger partial charge in [0.25, 0.3) is 0 Å². The number of halogens is 1. The second kappa shape index (κ2) is 4.61. The van der Waals surface area contributed by atoms with Crippen LogP contribution in [0.2, 0.25) is 0 Å². The third-order valence-corrected chi connectivity index (χ3v) is 7.38. The Hall–Kier alpha value is 0.440. The fourth-order valence-corrected chi connectivity index (χ4v) is 6.69. The summed E-state index contributed by atoms with van der Waals surface area (Å²) >= 11 is 0. The topological polar surface area (TPSA) is 78.4 Å². The molecule has 1 heterocycles. The summed E-state index contributed by atoms with van der Waals surface area (Å²) in [5, 5.41) is 0. The van der Waals surface area contributed by atoms with Gasteiger partial charge in [-0.05, 0) is 35.6 Å². The molecule has 0 saturated carbocycles. The lowest BCUT2D eigenvalue weighted by Crippen LogP contribution is -2.60. The van der Waals surface area contributed by atoms with E-state index in [-0.39, 0.29) is 5.41 Å². The van der Waals surface area contributed by atoms with Crippen molar-refractivity contribution in [3.8, 4) is 0 Å². The predicted octanol–water partition coefficient (Wildman–Crippen LogP) is 0.258. The maximum Gasteiger partial charge on any atom is 0.175 e. The molecular formula is C9H15ClO4S2. The SMILES string of the molecule is CC1=C(C(C)(C)C)SS(O[Cl+3]([O-])([O-])[O-])=C1C. The van der Waals surface area contributed by atoms with Gasteiger partial charge in [0.1, 0.15) is 3.74 Å². The standard InChI is InChI=1S/C9H15ClO4S2/c1-6-7(2)16(14-10(11,12)13)15-8(6)9(3,4)5/h1-5H3. The van der Waals surface area contributed by atoms with Crippen LogP contribution in [-0.4, -0.2) is 4.86 Å². The zero-order valence-corrected chi connectivity index (χ0v) is 12.2. The molecule has 16 heavy (non-hydrogen) atoms. The van der Waals surface area contributed by atoms with Crippen molar-refractivity contribution in [2.45, 2.75) is 34.6 Å². The van der Waals surface area contributed by atoms with Gasteiger partial charge in [0.15, 0.2) is 9.80 Å². The number of rotatable bonds is 2. The van der Waals surface area contributed by atoms with Gasteiger partial charge >= 0.3 is 0 Å². The largest absolute Gasteiger partial charge is 0.182 e. The van der Waals surface area contributed by atoms with Crippen molar-refractivity contribution in [1.29, 1.82) is 0 Å². The normalized spacial score (nSPS) is 23.2. The van der Waals surface area contributed by atoms with Crippen LogP contribution in [0.15, 0.2) is 10.5 Å². The molecule has 0 aromatic rings. The minimum absolute atomic E-state index is 0.0648. The Labute approximate surface area is 104 Å². The summed E-state index contributed by atoms with van der Waals surface area (Å²) in [4.78, 5) is 1.90. The van der Waals surface area contributed by atoms with Crippen LogP contribution in [0.1, 0.15) is 34.6 Å². The molecule has 0 aliphatic carbocycles. The molecule has 0 fully saturated rings. The molecule has 0 aromatic carbocycles. The number of hydrogen-bond donors (Lipinski definition) is 0. The molecule has 94 valence electrons. The molecule has 1 atom stereocenters. The van der Waals surface area contributed by atoms with E-state index in [1.165, 1.54) is 10.8 Å². The summed E-state index contributed by atoms with van der Waals surface area (Å²) in [7, 11) is -4.04. The quantitative estimate of drug-likeness (QED) is 0.537. The molecule has 4 nitrogen and oxygen atoms in total. The average Bonchev–Trinajstić information content (AvgIpc) is 2.28. The first-order valence-corrected chi connectivity index (χ1v) is 8.33. The van der Waals surface area contributed by atoms with E-state index in [4.69, 9.17) is 0 Å². The summed E-state index contributed by atoms with van der Waals surface area (Å²) in [6.45, 7) is 9.85. The summed E-state index contributed by atoms with van der Waals surface area (Å²) in [5.74, 6) is 0. The number of hydrogen-bond acceptors (Lipinski definition) is 5. The van der Waals surface area contributed by atoms with Gasteiger partial charge in [-0.25, -0.2) is 0 Å². The van der Waals surface area contributed by atoms with Crippen LogP contribution < -0.4 is 14.0 Å². The van der Waals surface area contributed by atoms with Crippen molar-refractivity contribution in [1.82, 2.24) is 0 Å². The van der Waals surface area contributed by atoms with E-state index in [9.17, 15) is 14.0 Å².